The summed E-state index contributed by atoms with van der Waals surface area (Å²) in [5.74, 6) is 0.374. The molecule has 0 aliphatic heterocycles. The highest BCUT2D eigenvalue weighted by atomic mass is 16.2. The quantitative estimate of drug-likeness (QED) is 0.800. The van der Waals surface area contributed by atoms with Gasteiger partial charge >= 0.3 is 0 Å². The highest BCUT2D eigenvalue weighted by Gasteiger charge is 2.28. The molecule has 0 radical (unpaired) electrons. The van der Waals surface area contributed by atoms with Crippen molar-refractivity contribution < 1.29 is 4.79 Å². The Labute approximate surface area is 96.0 Å². The molecule has 1 aromatic carbocycles. The lowest BCUT2D eigenvalue weighted by Gasteiger charge is -2.31. The molecule has 2 rings (SSSR count). The van der Waals surface area contributed by atoms with Crippen molar-refractivity contribution >= 4 is 5.91 Å². The summed E-state index contributed by atoms with van der Waals surface area (Å²) < 4.78 is 0. The molecule has 0 saturated carbocycles. The first kappa shape index (κ1) is 11.1. The molecule has 1 aliphatic rings. The second-order valence-corrected chi connectivity index (χ2v) is 5.03. The Bertz CT molecular complexity index is 407. The van der Waals surface area contributed by atoms with E-state index in [4.69, 9.17) is 5.73 Å². The fraction of sp³-hybridized carbons (Fsp3) is 0.462. The maximum absolute atomic E-state index is 11.6. The summed E-state index contributed by atoms with van der Waals surface area (Å²) in [7, 11) is 0. The van der Waals surface area contributed by atoms with Crippen molar-refractivity contribution in [2.45, 2.75) is 31.7 Å². The predicted octanol–water partition coefficient (Wildman–Crippen LogP) is 1.18. The van der Waals surface area contributed by atoms with Gasteiger partial charge in [0.15, 0.2) is 0 Å². The standard InChI is InChI=1S/C13H18N2O/c1-13(2,14)12(16)15-8-10-7-9-5-3-4-6-11(9)10/h3-6,10H,7-8,14H2,1-2H3,(H,15,16). The molecule has 0 fully saturated rings. The Morgan fingerprint density at radius 1 is 1.50 bits per heavy atom. The first-order chi connectivity index (χ1) is 7.48. The van der Waals surface area contributed by atoms with Gasteiger partial charge in [-0.1, -0.05) is 24.3 Å². The summed E-state index contributed by atoms with van der Waals surface area (Å²) in [5.41, 5.74) is 7.67. The monoisotopic (exact) mass is 218 g/mol. The highest BCUT2D eigenvalue weighted by molar-refractivity contribution is 5.85. The van der Waals surface area contributed by atoms with E-state index in [0.717, 1.165) is 6.42 Å². The minimum absolute atomic E-state index is 0.0862. The maximum Gasteiger partial charge on any atom is 0.239 e. The van der Waals surface area contributed by atoms with E-state index < -0.39 is 5.54 Å². The summed E-state index contributed by atoms with van der Waals surface area (Å²) in [6, 6.07) is 8.36. The molecule has 1 atom stereocenters. The van der Waals surface area contributed by atoms with E-state index in [0.29, 0.717) is 12.5 Å². The number of nitrogens with two attached hydrogens (primary N) is 1. The second-order valence-electron chi connectivity index (χ2n) is 5.03. The number of amides is 1. The second kappa shape index (κ2) is 3.91. The van der Waals surface area contributed by atoms with Gasteiger partial charge in [-0.25, -0.2) is 0 Å². The molecule has 3 nitrogen and oxygen atoms in total. The zero-order chi connectivity index (χ0) is 11.8. The lowest BCUT2D eigenvalue weighted by Crippen LogP contribution is -2.50. The van der Waals surface area contributed by atoms with E-state index in [2.05, 4.69) is 23.5 Å². The van der Waals surface area contributed by atoms with Crippen molar-refractivity contribution in [1.82, 2.24) is 5.32 Å². The van der Waals surface area contributed by atoms with Crippen LogP contribution in [0, 0.1) is 0 Å². The summed E-state index contributed by atoms with van der Waals surface area (Å²) in [4.78, 5) is 11.6. The summed E-state index contributed by atoms with van der Waals surface area (Å²) in [6.45, 7) is 4.13. The number of fused-ring (bicyclic) bond motifs is 1. The van der Waals surface area contributed by atoms with Gasteiger partial charge in [-0.05, 0) is 31.4 Å². The van der Waals surface area contributed by atoms with Crippen molar-refractivity contribution in [2.75, 3.05) is 6.54 Å². The fourth-order valence-electron chi connectivity index (χ4n) is 1.99. The largest absolute Gasteiger partial charge is 0.354 e. The number of carbonyl (C=O) groups is 1. The summed E-state index contributed by atoms with van der Waals surface area (Å²) in [6.07, 6.45) is 1.06. The number of benzene rings is 1. The molecular weight excluding hydrogens is 200 g/mol. The Kier molecular flexibility index (Phi) is 2.72. The molecule has 1 aromatic rings. The SMILES string of the molecule is CC(C)(N)C(=O)NCC1Cc2ccccc21. The zero-order valence-corrected chi connectivity index (χ0v) is 9.79. The Hall–Kier alpha value is -1.35. The molecule has 1 aliphatic carbocycles. The van der Waals surface area contributed by atoms with E-state index in [9.17, 15) is 4.79 Å². The topological polar surface area (TPSA) is 55.1 Å². The van der Waals surface area contributed by atoms with Gasteiger partial charge in [0.05, 0.1) is 5.54 Å². The van der Waals surface area contributed by atoms with Crippen LogP contribution in [-0.4, -0.2) is 18.0 Å². The smallest absolute Gasteiger partial charge is 0.239 e. The van der Waals surface area contributed by atoms with E-state index in [1.165, 1.54) is 11.1 Å². The van der Waals surface area contributed by atoms with Gasteiger partial charge < -0.3 is 11.1 Å². The molecule has 0 bridgehead atoms. The fourth-order valence-corrected chi connectivity index (χ4v) is 1.99. The van der Waals surface area contributed by atoms with Crippen LogP contribution in [0.25, 0.3) is 0 Å². The summed E-state index contributed by atoms with van der Waals surface area (Å²) in [5, 5.41) is 2.90. The van der Waals surface area contributed by atoms with E-state index in [-0.39, 0.29) is 5.91 Å². The minimum atomic E-state index is -0.788. The first-order valence-corrected chi connectivity index (χ1v) is 5.63. The van der Waals surface area contributed by atoms with E-state index in [1.54, 1.807) is 13.8 Å². The van der Waals surface area contributed by atoms with Crippen LogP contribution in [0.5, 0.6) is 0 Å². The molecule has 16 heavy (non-hydrogen) atoms. The molecule has 3 heteroatoms. The van der Waals surface area contributed by atoms with Crippen LogP contribution in [0.2, 0.25) is 0 Å². The lowest BCUT2D eigenvalue weighted by atomic mass is 9.77. The number of carbonyl (C=O) groups excluding carboxylic acids is 1. The van der Waals surface area contributed by atoms with Gasteiger partial charge in [-0.2, -0.15) is 0 Å². The third-order valence-electron chi connectivity index (χ3n) is 3.06. The minimum Gasteiger partial charge on any atom is -0.354 e. The Morgan fingerprint density at radius 2 is 2.19 bits per heavy atom. The van der Waals surface area contributed by atoms with Crippen LogP contribution >= 0.6 is 0 Å². The zero-order valence-electron chi connectivity index (χ0n) is 9.79. The van der Waals surface area contributed by atoms with E-state index in [1.807, 2.05) is 6.07 Å². The van der Waals surface area contributed by atoms with Crippen molar-refractivity contribution in [2.24, 2.45) is 5.73 Å². The van der Waals surface area contributed by atoms with Gasteiger partial charge in [0.2, 0.25) is 5.91 Å². The van der Waals surface area contributed by atoms with Crippen molar-refractivity contribution in [3.63, 3.8) is 0 Å². The van der Waals surface area contributed by atoms with Crippen LogP contribution in [0.4, 0.5) is 0 Å². The molecule has 0 spiro atoms. The molecule has 3 N–H and O–H groups in total. The third-order valence-corrected chi connectivity index (χ3v) is 3.06. The van der Waals surface area contributed by atoms with Crippen molar-refractivity contribution in [3.05, 3.63) is 35.4 Å². The van der Waals surface area contributed by atoms with Crippen molar-refractivity contribution in [3.8, 4) is 0 Å². The molecular formula is C13H18N2O. The van der Waals surface area contributed by atoms with Gasteiger partial charge in [0.1, 0.15) is 0 Å². The van der Waals surface area contributed by atoms with Gasteiger partial charge in [-0.15, -0.1) is 0 Å². The van der Waals surface area contributed by atoms with Gasteiger partial charge in [0, 0.05) is 12.5 Å². The Balaban J connectivity index is 1.89. The number of rotatable bonds is 3. The molecule has 1 unspecified atom stereocenters. The molecule has 1 amide bonds. The molecule has 0 aromatic heterocycles. The molecule has 86 valence electrons. The van der Waals surface area contributed by atoms with Crippen LogP contribution < -0.4 is 11.1 Å². The van der Waals surface area contributed by atoms with E-state index >= 15 is 0 Å². The normalized spacial score (nSPS) is 18.6. The average molecular weight is 218 g/mol. The first-order valence-electron chi connectivity index (χ1n) is 5.63. The molecule has 0 saturated heterocycles. The van der Waals surface area contributed by atoms with Crippen molar-refractivity contribution in [1.29, 1.82) is 0 Å². The lowest BCUT2D eigenvalue weighted by molar-refractivity contribution is -0.125. The predicted molar refractivity (Wildman–Crippen MR) is 64.2 cm³/mol. The Morgan fingerprint density at radius 3 is 2.81 bits per heavy atom. The van der Waals surface area contributed by atoms with Crippen LogP contribution in [-0.2, 0) is 11.2 Å². The summed E-state index contributed by atoms with van der Waals surface area (Å²) >= 11 is 0. The third kappa shape index (κ3) is 2.09. The number of nitrogens with one attached hydrogen (secondary N) is 1. The van der Waals surface area contributed by atoms with Crippen LogP contribution in [0.15, 0.2) is 24.3 Å². The van der Waals surface area contributed by atoms with Gasteiger partial charge in [0.25, 0.3) is 0 Å². The number of hydrogen-bond donors (Lipinski definition) is 2. The highest BCUT2D eigenvalue weighted by Crippen LogP contribution is 2.33. The molecule has 0 heterocycles. The number of hydrogen-bond acceptors (Lipinski definition) is 2. The average Bonchev–Trinajstić information content (AvgIpc) is 2.17. The van der Waals surface area contributed by atoms with Crippen LogP contribution in [0.3, 0.4) is 0 Å². The maximum atomic E-state index is 11.6. The van der Waals surface area contributed by atoms with Gasteiger partial charge in [-0.3, -0.25) is 4.79 Å². The van der Waals surface area contributed by atoms with Crippen LogP contribution in [0.1, 0.15) is 30.9 Å².